The summed E-state index contributed by atoms with van der Waals surface area (Å²) < 4.78 is 0. The molecule has 2 aromatic heterocycles. The number of hydrogen-bond acceptors (Lipinski definition) is 5. The molecule has 0 aliphatic rings. The molecular formula is C12H15N5S. The Morgan fingerprint density at radius 1 is 1.44 bits per heavy atom. The fourth-order valence-electron chi connectivity index (χ4n) is 1.56. The van der Waals surface area contributed by atoms with Crippen LogP contribution >= 0.6 is 11.3 Å². The molecule has 0 radical (unpaired) electrons. The number of aromatic nitrogens is 2. The van der Waals surface area contributed by atoms with Crippen molar-refractivity contribution in [3.8, 4) is 0 Å². The van der Waals surface area contributed by atoms with Crippen molar-refractivity contribution < 1.29 is 0 Å². The molecule has 0 saturated carbocycles. The van der Waals surface area contributed by atoms with Gasteiger partial charge in [0.05, 0.1) is 18.4 Å². The van der Waals surface area contributed by atoms with Crippen LogP contribution in [0.25, 0.3) is 0 Å². The van der Waals surface area contributed by atoms with E-state index < -0.39 is 0 Å². The second-order valence-electron chi connectivity index (χ2n) is 3.98. The molecule has 3 N–H and O–H groups in total. The van der Waals surface area contributed by atoms with Crippen molar-refractivity contribution in [2.45, 2.75) is 13.0 Å². The van der Waals surface area contributed by atoms with Crippen molar-refractivity contribution in [3.05, 3.63) is 40.5 Å². The third-order valence-corrected chi connectivity index (χ3v) is 3.85. The number of anilines is 1. The highest BCUT2D eigenvalue weighted by molar-refractivity contribution is 7.10. The number of nitrogens with zero attached hydrogens (tertiary/aromatic N) is 3. The number of thiophene rings is 1. The first-order valence-corrected chi connectivity index (χ1v) is 6.40. The van der Waals surface area contributed by atoms with E-state index in [1.54, 1.807) is 17.5 Å². The highest BCUT2D eigenvalue weighted by Crippen LogP contribution is 2.26. The van der Waals surface area contributed by atoms with E-state index in [0.29, 0.717) is 5.69 Å². The van der Waals surface area contributed by atoms with Crippen LogP contribution < -0.4 is 10.6 Å². The number of nitrogens with two attached hydrogens (primary N) is 1. The van der Waals surface area contributed by atoms with Crippen molar-refractivity contribution in [2.75, 3.05) is 11.9 Å². The average molecular weight is 261 g/mol. The summed E-state index contributed by atoms with van der Waals surface area (Å²) in [6.45, 7) is 2.12. The van der Waals surface area contributed by atoms with Gasteiger partial charge in [0.15, 0.2) is 0 Å². The Balaban J connectivity index is 2.18. The van der Waals surface area contributed by atoms with Crippen molar-refractivity contribution in [1.82, 2.24) is 9.97 Å². The third kappa shape index (κ3) is 2.48. The Morgan fingerprint density at radius 3 is 2.72 bits per heavy atom. The molecule has 2 aromatic rings. The van der Waals surface area contributed by atoms with Gasteiger partial charge in [-0.2, -0.15) is 0 Å². The molecule has 0 amide bonds. The zero-order chi connectivity index (χ0) is 13.1. The van der Waals surface area contributed by atoms with Gasteiger partial charge in [0.1, 0.15) is 17.3 Å². The summed E-state index contributed by atoms with van der Waals surface area (Å²) in [4.78, 5) is 11.7. The average Bonchev–Trinajstić information content (AvgIpc) is 2.91. The topological polar surface area (TPSA) is 78.9 Å². The molecule has 0 aliphatic heterocycles. The SMILES string of the molecule is CC(c1cccs1)N(C)c1cnc(C(=N)N)cn1. The fourth-order valence-corrected chi connectivity index (χ4v) is 2.39. The normalized spacial score (nSPS) is 12.1. The van der Waals surface area contributed by atoms with Crippen molar-refractivity contribution in [2.24, 2.45) is 5.73 Å². The molecule has 0 aromatic carbocycles. The van der Waals surface area contributed by atoms with Gasteiger partial charge < -0.3 is 10.6 Å². The van der Waals surface area contributed by atoms with Crippen LogP contribution in [0.3, 0.4) is 0 Å². The largest absolute Gasteiger partial charge is 0.382 e. The highest BCUT2D eigenvalue weighted by Gasteiger charge is 2.14. The molecule has 0 fully saturated rings. The number of nitrogen functional groups attached to an aromatic ring is 1. The summed E-state index contributed by atoms with van der Waals surface area (Å²) in [6.07, 6.45) is 3.16. The van der Waals surface area contributed by atoms with E-state index in [9.17, 15) is 0 Å². The molecule has 2 heterocycles. The molecule has 0 aliphatic carbocycles. The highest BCUT2D eigenvalue weighted by atomic mass is 32.1. The maximum Gasteiger partial charge on any atom is 0.147 e. The summed E-state index contributed by atoms with van der Waals surface area (Å²) in [5.74, 6) is 0.698. The van der Waals surface area contributed by atoms with Crippen LogP contribution in [0.2, 0.25) is 0 Å². The van der Waals surface area contributed by atoms with Gasteiger partial charge in [-0.25, -0.2) is 9.97 Å². The van der Waals surface area contributed by atoms with E-state index >= 15 is 0 Å². The Labute approximate surface area is 110 Å². The zero-order valence-electron chi connectivity index (χ0n) is 10.3. The first-order valence-electron chi connectivity index (χ1n) is 5.52. The van der Waals surface area contributed by atoms with Crippen LogP contribution in [0.1, 0.15) is 23.5 Å². The first kappa shape index (κ1) is 12.5. The minimum atomic E-state index is -0.0667. The van der Waals surface area contributed by atoms with Crippen molar-refractivity contribution >= 4 is 23.0 Å². The third-order valence-electron chi connectivity index (χ3n) is 2.81. The van der Waals surface area contributed by atoms with Gasteiger partial charge in [-0.05, 0) is 18.4 Å². The van der Waals surface area contributed by atoms with E-state index in [4.69, 9.17) is 11.1 Å². The van der Waals surface area contributed by atoms with Gasteiger partial charge >= 0.3 is 0 Å². The number of nitrogens with one attached hydrogen (secondary N) is 1. The van der Waals surface area contributed by atoms with E-state index in [1.165, 1.54) is 11.1 Å². The Morgan fingerprint density at radius 2 is 2.22 bits per heavy atom. The molecular weight excluding hydrogens is 246 g/mol. The summed E-state index contributed by atoms with van der Waals surface area (Å²) in [5, 5.41) is 9.33. The molecule has 5 nitrogen and oxygen atoms in total. The maximum absolute atomic E-state index is 7.27. The quantitative estimate of drug-likeness (QED) is 0.652. The lowest BCUT2D eigenvalue weighted by Gasteiger charge is -2.24. The smallest absolute Gasteiger partial charge is 0.147 e. The molecule has 94 valence electrons. The van der Waals surface area contributed by atoms with E-state index in [1.807, 2.05) is 18.0 Å². The second kappa shape index (κ2) is 5.14. The summed E-state index contributed by atoms with van der Waals surface area (Å²) in [7, 11) is 1.97. The van der Waals surface area contributed by atoms with Crippen LogP contribution in [0, 0.1) is 5.41 Å². The zero-order valence-corrected chi connectivity index (χ0v) is 11.1. The van der Waals surface area contributed by atoms with E-state index in [0.717, 1.165) is 5.82 Å². The molecule has 0 bridgehead atoms. The molecule has 2 rings (SSSR count). The van der Waals surface area contributed by atoms with Gasteiger partial charge in [-0.1, -0.05) is 6.07 Å². The van der Waals surface area contributed by atoms with Gasteiger partial charge in [0, 0.05) is 11.9 Å². The maximum atomic E-state index is 7.27. The van der Waals surface area contributed by atoms with Crippen LogP contribution in [0.15, 0.2) is 29.9 Å². The minimum absolute atomic E-state index is 0.0667. The Hall–Kier alpha value is -1.95. The molecule has 0 spiro atoms. The van der Waals surface area contributed by atoms with Crippen LogP contribution in [-0.4, -0.2) is 22.9 Å². The monoisotopic (exact) mass is 261 g/mol. The lowest BCUT2D eigenvalue weighted by atomic mass is 10.2. The number of hydrogen-bond donors (Lipinski definition) is 2. The molecule has 1 unspecified atom stereocenters. The van der Waals surface area contributed by atoms with Gasteiger partial charge in [-0.3, -0.25) is 5.41 Å². The van der Waals surface area contributed by atoms with Gasteiger partial charge in [-0.15, -0.1) is 11.3 Å². The lowest BCUT2D eigenvalue weighted by Crippen LogP contribution is -2.23. The molecule has 18 heavy (non-hydrogen) atoms. The summed E-state index contributed by atoms with van der Waals surface area (Å²) in [5.41, 5.74) is 5.74. The van der Waals surface area contributed by atoms with Crippen molar-refractivity contribution in [3.63, 3.8) is 0 Å². The van der Waals surface area contributed by atoms with Crippen LogP contribution in [0.4, 0.5) is 5.82 Å². The summed E-state index contributed by atoms with van der Waals surface area (Å²) in [6, 6.07) is 4.38. The van der Waals surface area contributed by atoms with Crippen LogP contribution in [-0.2, 0) is 0 Å². The molecule has 0 saturated heterocycles. The molecule has 1 atom stereocenters. The number of amidine groups is 1. The Kier molecular flexibility index (Phi) is 3.57. The lowest BCUT2D eigenvalue weighted by molar-refractivity contribution is 0.739. The first-order chi connectivity index (χ1) is 8.59. The fraction of sp³-hybridized carbons (Fsp3) is 0.250. The van der Waals surface area contributed by atoms with Gasteiger partial charge in [0.25, 0.3) is 0 Å². The number of rotatable bonds is 4. The van der Waals surface area contributed by atoms with E-state index in [-0.39, 0.29) is 11.9 Å². The van der Waals surface area contributed by atoms with Crippen molar-refractivity contribution in [1.29, 1.82) is 5.41 Å². The van der Waals surface area contributed by atoms with Gasteiger partial charge in [0.2, 0.25) is 0 Å². The second-order valence-corrected chi connectivity index (χ2v) is 4.96. The molecule has 6 heteroatoms. The predicted octanol–water partition coefficient (Wildman–Crippen LogP) is 2.02. The summed E-state index contributed by atoms with van der Waals surface area (Å²) >= 11 is 1.72. The standard InChI is InChI=1S/C12H15N5S/c1-8(10-4-3-5-18-10)17(2)11-7-15-9(6-16-11)12(13)14/h3-8H,1-2H3,(H3,13,14). The minimum Gasteiger partial charge on any atom is -0.382 e. The van der Waals surface area contributed by atoms with Crippen LogP contribution in [0.5, 0.6) is 0 Å². The van der Waals surface area contributed by atoms with E-state index in [2.05, 4.69) is 28.3 Å². The Bertz CT molecular complexity index is 520. The predicted molar refractivity (Wildman–Crippen MR) is 74.2 cm³/mol.